The first-order valence-electron chi connectivity index (χ1n) is 6.58. The zero-order valence-electron chi connectivity index (χ0n) is 11.7. The monoisotopic (exact) mass is 342 g/mol. The van der Waals surface area contributed by atoms with Gasteiger partial charge in [0.2, 0.25) is 5.95 Å². The van der Waals surface area contributed by atoms with Crippen molar-refractivity contribution in [1.29, 1.82) is 0 Å². The summed E-state index contributed by atoms with van der Waals surface area (Å²) in [6, 6.07) is 0. The standard InChI is InChI=1S/C11H15N6O5P/c12-8-7-9(16-11(13)15-8)17(4-14-7)10-6(18)3-5(22-10)1-2-23(19,20)21/h1-2,4-6,10,18H,3H2,(H2,19,20,21)(H4,12,13,15,16)/b2-1+/t5-,6-,10-/m1/s1. The lowest BCUT2D eigenvalue weighted by Gasteiger charge is -2.16. The number of anilines is 2. The molecule has 3 atom stereocenters. The van der Waals surface area contributed by atoms with E-state index in [-0.39, 0.29) is 18.2 Å². The summed E-state index contributed by atoms with van der Waals surface area (Å²) in [4.78, 5) is 29.6. The van der Waals surface area contributed by atoms with Gasteiger partial charge in [0.25, 0.3) is 0 Å². The maximum Gasteiger partial charge on any atom is 0.348 e. The van der Waals surface area contributed by atoms with Gasteiger partial charge in [0.15, 0.2) is 17.7 Å². The van der Waals surface area contributed by atoms with Crippen LogP contribution in [-0.2, 0) is 9.30 Å². The van der Waals surface area contributed by atoms with Crippen molar-refractivity contribution in [2.45, 2.75) is 24.9 Å². The minimum absolute atomic E-state index is 0.0396. The number of nitrogen functional groups attached to an aromatic ring is 2. The van der Waals surface area contributed by atoms with Gasteiger partial charge in [-0.2, -0.15) is 9.97 Å². The minimum Gasteiger partial charge on any atom is -0.388 e. The van der Waals surface area contributed by atoms with E-state index in [1.165, 1.54) is 17.0 Å². The number of ether oxygens (including phenoxy) is 1. The van der Waals surface area contributed by atoms with Crippen molar-refractivity contribution in [2.24, 2.45) is 0 Å². The molecule has 3 heterocycles. The lowest BCUT2D eigenvalue weighted by molar-refractivity contribution is -0.0227. The van der Waals surface area contributed by atoms with Gasteiger partial charge in [-0.15, -0.1) is 0 Å². The Balaban J connectivity index is 1.91. The average Bonchev–Trinajstić information content (AvgIpc) is 2.99. The molecule has 3 rings (SSSR count). The highest BCUT2D eigenvalue weighted by atomic mass is 31.2. The summed E-state index contributed by atoms with van der Waals surface area (Å²) in [5, 5.41) is 10.2. The zero-order chi connectivity index (χ0) is 16.8. The first-order valence-corrected chi connectivity index (χ1v) is 8.26. The van der Waals surface area contributed by atoms with E-state index in [2.05, 4.69) is 15.0 Å². The first-order chi connectivity index (χ1) is 10.7. The number of fused-ring (bicyclic) bond motifs is 1. The van der Waals surface area contributed by atoms with E-state index in [1.807, 2.05) is 0 Å². The van der Waals surface area contributed by atoms with E-state index in [0.717, 1.165) is 5.82 Å². The Morgan fingerprint density at radius 3 is 2.83 bits per heavy atom. The lowest BCUT2D eigenvalue weighted by atomic mass is 10.2. The molecule has 7 N–H and O–H groups in total. The highest BCUT2D eigenvalue weighted by Crippen LogP contribution is 2.38. The number of aliphatic hydroxyl groups excluding tert-OH is 1. The fraction of sp³-hybridized carbons (Fsp3) is 0.364. The molecule has 0 bridgehead atoms. The molecule has 1 fully saturated rings. The minimum atomic E-state index is -4.28. The summed E-state index contributed by atoms with van der Waals surface area (Å²) >= 11 is 0. The Morgan fingerprint density at radius 1 is 1.39 bits per heavy atom. The summed E-state index contributed by atoms with van der Waals surface area (Å²) in [5.41, 5.74) is 11.9. The molecule has 0 aliphatic carbocycles. The van der Waals surface area contributed by atoms with E-state index in [9.17, 15) is 9.67 Å². The molecule has 2 aromatic rings. The van der Waals surface area contributed by atoms with Crippen LogP contribution in [0, 0.1) is 0 Å². The second-order valence-corrected chi connectivity index (χ2v) is 6.57. The topological polar surface area (TPSA) is 183 Å². The van der Waals surface area contributed by atoms with Crippen molar-refractivity contribution >= 4 is 30.5 Å². The van der Waals surface area contributed by atoms with Crippen molar-refractivity contribution in [3.05, 3.63) is 18.2 Å². The van der Waals surface area contributed by atoms with E-state index in [0.29, 0.717) is 11.2 Å². The van der Waals surface area contributed by atoms with E-state index < -0.39 is 26.0 Å². The Hall–Kier alpha value is -2.04. The summed E-state index contributed by atoms with van der Waals surface area (Å²) in [5.74, 6) is 0.815. The third kappa shape index (κ3) is 3.19. The molecule has 124 valence electrons. The molecular weight excluding hydrogens is 327 g/mol. The van der Waals surface area contributed by atoms with E-state index >= 15 is 0 Å². The molecule has 12 heteroatoms. The van der Waals surface area contributed by atoms with Crippen LogP contribution in [0.15, 0.2) is 18.2 Å². The molecule has 0 spiro atoms. The average molecular weight is 342 g/mol. The molecule has 1 saturated heterocycles. The Morgan fingerprint density at radius 2 is 2.13 bits per heavy atom. The largest absolute Gasteiger partial charge is 0.388 e. The summed E-state index contributed by atoms with van der Waals surface area (Å²) in [6.45, 7) is 0. The van der Waals surface area contributed by atoms with Crippen molar-refractivity contribution in [2.75, 3.05) is 11.5 Å². The number of aliphatic hydroxyl groups is 1. The molecule has 0 amide bonds. The van der Waals surface area contributed by atoms with E-state index in [4.69, 9.17) is 26.0 Å². The van der Waals surface area contributed by atoms with Crippen LogP contribution >= 0.6 is 7.60 Å². The smallest absolute Gasteiger partial charge is 0.348 e. The Labute approximate surface area is 129 Å². The van der Waals surface area contributed by atoms with Crippen molar-refractivity contribution < 1.29 is 24.2 Å². The van der Waals surface area contributed by atoms with Crippen LogP contribution in [0.2, 0.25) is 0 Å². The van der Waals surface area contributed by atoms with Gasteiger partial charge in [-0.05, 0) is 6.08 Å². The fourth-order valence-electron chi connectivity index (χ4n) is 2.40. The number of imidazole rings is 1. The third-order valence-electron chi connectivity index (χ3n) is 3.35. The number of aromatic nitrogens is 4. The third-order valence-corrected chi connectivity index (χ3v) is 3.91. The van der Waals surface area contributed by atoms with Gasteiger partial charge in [-0.25, -0.2) is 4.98 Å². The molecular formula is C11H15N6O5P. The molecule has 11 nitrogen and oxygen atoms in total. The maximum absolute atomic E-state index is 10.9. The predicted molar refractivity (Wildman–Crippen MR) is 79.9 cm³/mol. The molecule has 0 unspecified atom stereocenters. The molecule has 0 aromatic carbocycles. The van der Waals surface area contributed by atoms with Gasteiger partial charge in [-0.3, -0.25) is 9.13 Å². The molecule has 1 aliphatic rings. The number of hydrogen-bond acceptors (Lipinski definition) is 8. The van der Waals surface area contributed by atoms with Crippen LogP contribution in [0.25, 0.3) is 11.2 Å². The van der Waals surface area contributed by atoms with Crippen LogP contribution in [0.3, 0.4) is 0 Å². The normalized spacial score (nSPS) is 25.6. The van der Waals surface area contributed by atoms with Crippen LogP contribution in [-0.4, -0.2) is 46.6 Å². The first kappa shape index (κ1) is 15.8. The molecule has 0 radical (unpaired) electrons. The highest BCUT2D eigenvalue weighted by molar-refractivity contribution is 7.55. The van der Waals surface area contributed by atoms with Crippen molar-refractivity contribution in [3.63, 3.8) is 0 Å². The fourth-order valence-corrected chi connectivity index (χ4v) is 2.82. The summed E-state index contributed by atoms with van der Waals surface area (Å²) in [7, 11) is -4.28. The molecule has 1 aliphatic heterocycles. The van der Waals surface area contributed by atoms with Crippen molar-refractivity contribution in [1.82, 2.24) is 19.5 Å². The second-order valence-electron chi connectivity index (χ2n) is 5.09. The van der Waals surface area contributed by atoms with Crippen LogP contribution < -0.4 is 11.5 Å². The van der Waals surface area contributed by atoms with Crippen molar-refractivity contribution in [3.8, 4) is 0 Å². The zero-order valence-corrected chi connectivity index (χ0v) is 12.6. The summed E-state index contributed by atoms with van der Waals surface area (Å²) < 4.78 is 17.9. The second kappa shape index (κ2) is 5.55. The molecule has 2 aromatic heterocycles. The Kier molecular flexibility index (Phi) is 3.82. The van der Waals surface area contributed by atoms with Gasteiger partial charge < -0.3 is 31.1 Å². The van der Waals surface area contributed by atoms with E-state index in [1.54, 1.807) is 0 Å². The van der Waals surface area contributed by atoms with Gasteiger partial charge in [0, 0.05) is 12.2 Å². The summed E-state index contributed by atoms with van der Waals surface area (Å²) in [6.07, 6.45) is 0.364. The quantitative estimate of drug-likeness (QED) is 0.448. The number of rotatable bonds is 3. The van der Waals surface area contributed by atoms with Gasteiger partial charge in [-0.1, -0.05) is 0 Å². The maximum atomic E-state index is 10.9. The number of nitrogens with two attached hydrogens (primary N) is 2. The number of nitrogens with zero attached hydrogens (tertiary/aromatic N) is 4. The van der Waals surface area contributed by atoms with Gasteiger partial charge >= 0.3 is 7.60 Å². The van der Waals surface area contributed by atoms with Gasteiger partial charge in [0.05, 0.1) is 12.4 Å². The predicted octanol–water partition coefficient (Wildman–Crippen LogP) is -0.670. The van der Waals surface area contributed by atoms with Crippen LogP contribution in [0.4, 0.5) is 11.8 Å². The van der Waals surface area contributed by atoms with Crippen LogP contribution in [0.5, 0.6) is 0 Å². The Bertz CT molecular complexity index is 817. The SMILES string of the molecule is Nc1nc(N)c2ncn([C@@H]3O[C@H](/C=C/P(=O)(O)O)C[C@H]3O)c2n1. The van der Waals surface area contributed by atoms with Crippen LogP contribution in [0.1, 0.15) is 12.6 Å². The van der Waals surface area contributed by atoms with Gasteiger partial charge in [0.1, 0.15) is 11.6 Å². The molecule has 23 heavy (non-hydrogen) atoms. The lowest BCUT2D eigenvalue weighted by Crippen LogP contribution is -2.19. The highest BCUT2D eigenvalue weighted by Gasteiger charge is 2.35. The number of hydrogen-bond donors (Lipinski definition) is 5. The molecule has 0 saturated carbocycles.